The standard InChI is InChI=1S/C25H23N7O2/c1-16-17(2)32(15-30-16)23-13-22(28-14-29-23)26-10-11-27-25(33)19-8-9-21-20(12-19)24(34-31-21)18-6-4-3-5-7-18/h3-9,12-15H,10-11H2,1-2H3,(H,27,33)(H,26,28,29). The molecule has 0 atom stereocenters. The van der Waals surface area contributed by atoms with Crippen LogP contribution in [0.25, 0.3) is 28.0 Å². The largest absolute Gasteiger partial charge is 0.368 e. The number of imidazole rings is 1. The molecule has 0 aliphatic carbocycles. The summed E-state index contributed by atoms with van der Waals surface area (Å²) in [5, 5.41) is 11.1. The molecule has 1 amide bonds. The molecule has 0 saturated carbocycles. The molecule has 3 heterocycles. The molecule has 2 aromatic carbocycles. The van der Waals surface area contributed by atoms with E-state index >= 15 is 0 Å². The van der Waals surface area contributed by atoms with Gasteiger partial charge in [-0.2, -0.15) is 0 Å². The highest BCUT2D eigenvalue weighted by Gasteiger charge is 2.14. The maximum Gasteiger partial charge on any atom is 0.251 e. The molecule has 0 fully saturated rings. The van der Waals surface area contributed by atoms with Crippen molar-refractivity contribution in [1.82, 2.24) is 30.0 Å². The second kappa shape index (κ2) is 9.14. The summed E-state index contributed by atoms with van der Waals surface area (Å²) in [4.78, 5) is 25.6. The van der Waals surface area contributed by atoms with E-state index in [1.54, 1.807) is 18.5 Å². The zero-order valence-electron chi connectivity index (χ0n) is 18.8. The lowest BCUT2D eigenvalue weighted by Gasteiger charge is -2.09. The van der Waals surface area contributed by atoms with Crippen LogP contribution in [0.3, 0.4) is 0 Å². The van der Waals surface area contributed by atoms with Crippen molar-refractivity contribution >= 4 is 22.6 Å². The van der Waals surface area contributed by atoms with Gasteiger partial charge in [0.15, 0.2) is 5.76 Å². The van der Waals surface area contributed by atoms with Gasteiger partial charge in [-0.1, -0.05) is 35.5 Å². The average molecular weight is 454 g/mol. The van der Waals surface area contributed by atoms with Crippen molar-refractivity contribution in [3.05, 3.63) is 84.2 Å². The Balaban J connectivity index is 1.22. The third-order valence-electron chi connectivity index (χ3n) is 5.64. The van der Waals surface area contributed by atoms with Gasteiger partial charge in [0.1, 0.15) is 29.8 Å². The van der Waals surface area contributed by atoms with Gasteiger partial charge in [0.2, 0.25) is 0 Å². The van der Waals surface area contributed by atoms with Gasteiger partial charge in [0, 0.05) is 36.0 Å². The highest BCUT2D eigenvalue weighted by atomic mass is 16.5. The van der Waals surface area contributed by atoms with Crippen molar-refractivity contribution in [3.8, 4) is 17.1 Å². The molecule has 0 aliphatic rings. The van der Waals surface area contributed by atoms with Crippen LogP contribution in [0, 0.1) is 13.8 Å². The number of carbonyl (C=O) groups excluding carboxylic acids is 1. The Morgan fingerprint density at radius 1 is 1.00 bits per heavy atom. The van der Waals surface area contributed by atoms with Crippen LogP contribution in [0.15, 0.2) is 71.8 Å². The van der Waals surface area contributed by atoms with E-state index in [2.05, 4.69) is 30.7 Å². The number of amides is 1. The van der Waals surface area contributed by atoms with Gasteiger partial charge in [-0.15, -0.1) is 0 Å². The minimum absolute atomic E-state index is 0.170. The molecule has 0 spiro atoms. The lowest BCUT2D eigenvalue weighted by atomic mass is 10.1. The lowest BCUT2D eigenvalue weighted by Crippen LogP contribution is -2.28. The molecule has 2 N–H and O–H groups in total. The first-order chi connectivity index (χ1) is 16.6. The maximum atomic E-state index is 12.7. The quantitative estimate of drug-likeness (QED) is 0.359. The number of hydrogen-bond donors (Lipinski definition) is 2. The summed E-state index contributed by atoms with van der Waals surface area (Å²) in [5.41, 5.74) is 4.15. The zero-order valence-corrected chi connectivity index (χ0v) is 18.8. The van der Waals surface area contributed by atoms with Crippen molar-refractivity contribution in [2.24, 2.45) is 0 Å². The summed E-state index contributed by atoms with van der Waals surface area (Å²) >= 11 is 0. The van der Waals surface area contributed by atoms with Gasteiger partial charge < -0.3 is 15.2 Å². The fourth-order valence-corrected chi connectivity index (χ4v) is 3.65. The predicted molar refractivity (Wildman–Crippen MR) is 129 cm³/mol. The summed E-state index contributed by atoms with van der Waals surface area (Å²) in [6, 6.07) is 16.9. The second-order valence-electron chi connectivity index (χ2n) is 7.84. The van der Waals surface area contributed by atoms with E-state index in [4.69, 9.17) is 4.52 Å². The van der Waals surface area contributed by atoms with E-state index in [0.717, 1.165) is 28.2 Å². The van der Waals surface area contributed by atoms with E-state index in [1.165, 1.54) is 6.33 Å². The summed E-state index contributed by atoms with van der Waals surface area (Å²) in [6.07, 6.45) is 3.25. The Morgan fingerprint density at radius 2 is 1.85 bits per heavy atom. The Hall–Kier alpha value is -4.53. The summed E-state index contributed by atoms with van der Waals surface area (Å²) < 4.78 is 7.44. The van der Waals surface area contributed by atoms with Crippen LogP contribution in [-0.2, 0) is 0 Å². The fourth-order valence-electron chi connectivity index (χ4n) is 3.65. The van der Waals surface area contributed by atoms with Crippen molar-refractivity contribution < 1.29 is 9.32 Å². The number of benzene rings is 2. The Bertz CT molecular complexity index is 1460. The van der Waals surface area contributed by atoms with Gasteiger partial charge >= 0.3 is 0 Å². The number of nitrogens with zero attached hydrogens (tertiary/aromatic N) is 5. The summed E-state index contributed by atoms with van der Waals surface area (Å²) in [6.45, 7) is 4.88. The van der Waals surface area contributed by atoms with Crippen LogP contribution < -0.4 is 10.6 Å². The third-order valence-corrected chi connectivity index (χ3v) is 5.64. The molecule has 5 aromatic rings. The minimum Gasteiger partial charge on any atom is -0.368 e. The molecule has 34 heavy (non-hydrogen) atoms. The topological polar surface area (TPSA) is 111 Å². The SMILES string of the molecule is Cc1ncn(-c2cc(NCCNC(=O)c3ccc4noc(-c5ccccc5)c4c3)ncn2)c1C. The minimum atomic E-state index is -0.170. The van der Waals surface area contributed by atoms with Gasteiger partial charge in [-0.25, -0.2) is 15.0 Å². The highest BCUT2D eigenvalue weighted by molar-refractivity contribution is 6.00. The monoisotopic (exact) mass is 453 g/mol. The molecule has 0 bridgehead atoms. The number of carbonyl (C=O) groups is 1. The predicted octanol–water partition coefficient (Wildman–Crippen LogP) is 3.93. The third kappa shape index (κ3) is 4.23. The number of hydrogen-bond acceptors (Lipinski definition) is 7. The van der Waals surface area contributed by atoms with Gasteiger partial charge in [0.05, 0.1) is 11.1 Å². The number of anilines is 1. The fraction of sp³-hybridized carbons (Fsp3) is 0.160. The van der Waals surface area contributed by atoms with Crippen molar-refractivity contribution in [1.29, 1.82) is 0 Å². The molecule has 0 aliphatic heterocycles. The normalized spacial score (nSPS) is 11.0. The van der Waals surface area contributed by atoms with E-state index in [0.29, 0.717) is 35.7 Å². The number of nitrogens with one attached hydrogen (secondary N) is 2. The number of aryl methyl sites for hydroxylation is 1. The Labute approximate surface area is 195 Å². The summed E-state index contributed by atoms with van der Waals surface area (Å²) in [7, 11) is 0. The Kier molecular flexibility index (Phi) is 5.73. The van der Waals surface area contributed by atoms with Crippen LogP contribution in [0.5, 0.6) is 0 Å². The lowest BCUT2D eigenvalue weighted by molar-refractivity contribution is 0.0955. The molecule has 3 aromatic heterocycles. The summed E-state index contributed by atoms with van der Waals surface area (Å²) in [5.74, 6) is 1.88. The smallest absolute Gasteiger partial charge is 0.251 e. The molecule has 9 nitrogen and oxygen atoms in total. The number of fused-ring (bicyclic) bond motifs is 1. The maximum absolute atomic E-state index is 12.7. The van der Waals surface area contributed by atoms with Crippen molar-refractivity contribution in [3.63, 3.8) is 0 Å². The zero-order chi connectivity index (χ0) is 23.5. The molecule has 9 heteroatoms. The van der Waals surface area contributed by atoms with Crippen LogP contribution in [0.1, 0.15) is 21.7 Å². The molecule has 0 radical (unpaired) electrons. The number of rotatable bonds is 7. The van der Waals surface area contributed by atoms with E-state index in [9.17, 15) is 4.79 Å². The van der Waals surface area contributed by atoms with Crippen molar-refractivity contribution in [2.75, 3.05) is 18.4 Å². The first kappa shape index (κ1) is 21.3. The molecule has 170 valence electrons. The Morgan fingerprint density at radius 3 is 2.65 bits per heavy atom. The molecule has 0 saturated heterocycles. The molecule has 5 rings (SSSR count). The van der Waals surface area contributed by atoms with Gasteiger partial charge in [0.25, 0.3) is 5.91 Å². The molecule has 0 unspecified atom stereocenters. The van der Waals surface area contributed by atoms with Crippen LogP contribution in [-0.4, -0.2) is 43.7 Å². The van der Waals surface area contributed by atoms with Gasteiger partial charge in [-0.05, 0) is 32.0 Å². The second-order valence-corrected chi connectivity index (χ2v) is 7.84. The van der Waals surface area contributed by atoms with E-state index in [1.807, 2.05) is 60.9 Å². The van der Waals surface area contributed by atoms with Crippen LogP contribution >= 0.6 is 0 Å². The van der Waals surface area contributed by atoms with Crippen LogP contribution in [0.2, 0.25) is 0 Å². The first-order valence-electron chi connectivity index (χ1n) is 10.9. The van der Waals surface area contributed by atoms with Crippen LogP contribution in [0.4, 0.5) is 5.82 Å². The molecular weight excluding hydrogens is 430 g/mol. The highest BCUT2D eigenvalue weighted by Crippen LogP contribution is 2.29. The van der Waals surface area contributed by atoms with Crippen molar-refractivity contribution in [2.45, 2.75) is 13.8 Å². The first-order valence-corrected chi connectivity index (χ1v) is 10.9. The molecular formula is C25H23N7O2. The van der Waals surface area contributed by atoms with E-state index in [-0.39, 0.29) is 5.91 Å². The van der Waals surface area contributed by atoms with E-state index < -0.39 is 0 Å². The average Bonchev–Trinajstić information content (AvgIpc) is 3.45. The number of aromatic nitrogens is 5. The van der Waals surface area contributed by atoms with Gasteiger partial charge in [-0.3, -0.25) is 9.36 Å².